The minimum Gasteiger partial charge on any atom is -0.369 e. The standard InChI is InChI=1S/C25H25F7N4O3/c26-14-6-7-20-18(12-14)34-23(39)19(13-36(20)15-4-2-1-3-5-15)35-22(38)17(9-11-25(30,31)32)16(21(33)37)8-10-24(27,28)29/h1-7,12,16-17,19H,8-11,13H2,(H2,33,37)(H,34,39)(H,35,38)/t16?,17?,19-/m0/s1. The number of benzene rings is 2. The Morgan fingerprint density at radius 1 is 0.974 bits per heavy atom. The van der Waals surface area contributed by atoms with Crippen molar-refractivity contribution in [2.45, 2.75) is 44.1 Å². The molecule has 3 amide bonds. The summed E-state index contributed by atoms with van der Waals surface area (Å²) in [5.41, 5.74) is 6.13. The maximum absolute atomic E-state index is 13.9. The van der Waals surface area contributed by atoms with Gasteiger partial charge in [0.25, 0.3) is 0 Å². The molecule has 7 nitrogen and oxygen atoms in total. The maximum Gasteiger partial charge on any atom is 0.389 e. The average molecular weight is 562 g/mol. The predicted octanol–water partition coefficient (Wildman–Crippen LogP) is 4.80. The molecule has 1 aliphatic rings. The zero-order valence-corrected chi connectivity index (χ0v) is 20.3. The molecule has 212 valence electrons. The minimum absolute atomic E-state index is 0.0504. The molecule has 3 atom stereocenters. The monoisotopic (exact) mass is 562 g/mol. The van der Waals surface area contributed by atoms with Gasteiger partial charge < -0.3 is 21.3 Å². The van der Waals surface area contributed by atoms with Crippen molar-refractivity contribution in [3.63, 3.8) is 0 Å². The van der Waals surface area contributed by atoms with Crippen LogP contribution in [0.5, 0.6) is 0 Å². The normalized spacial score (nSPS) is 17.5. The van der Waals surface area contributed by atoms with Gasteiger partial charge in [-0.25, -0.2) is 4.39 Å². The summed E-state index contributed by atoms with van der Waals surface area (Å²) in [6.07, 6.45) is -14.7. The summed E-state index contributed by atoms with van der Waals surface area (Å²) in [6.45, 7) is -0.268. The topological polar surface area (TPSA) is 105 Å². The smallest absolute Gasteiger partial charge is 0.369 e. The Balaban J connectivity index is 1.92. The molecule has 3 rings (SSSR count). The third-order valence-electron chi connectivity index (χ3n) is 6.24. The van der Waals surface area contributed by atoms with Crippen molar-refractivity contribution in [3.8, 4) is 0 Å². The number of anilines is 3. The highest BCUT2D eigenvalue weighted by Gasteiger charge is 2.41. The van der Waals surface area contributed by atoms with E-state index in [1.807, 2.05) is 0 Å². The molecule has 39 heavy (non-hydrogen) atoms. The van der Waals surface area contributed by atoms with Crippen LogP contribution in [0.25, 0.3) is 0 Å². The highest BCUT2D eigenvalue weighted by atomic mass is 19.4. The second-order valence-electron chi connectivity index (χ2n) is 9.08. The minimum atomic E-state index is -4.78. The summed E-state index contributed by atoms with van der Waals surface area (Å²) in [6, 6.07) is 10.5. The van der Waals surface area contributed by atoms with Crippen molar-refractivity contribution < 1.29 is 45.1 Å². The Bertz CT molecular complexity index is 1190. The van der Waals surface area contributed by atoms with Gasteiger partial charge >= 0.3 is 12.4 Å². The molecule has 0 spiro atoms. The number of carbonyl (C=O) groups excluding carboxylic acids is 3. The van der Waals surface area contributed by atoms with Gasteiger partial charge in [0.05, 0.1) is 17.9 Å². The van der Waals surface area contributed by atoms with Gasteiger partial charge in [0.2, 0.25) is 17.7 Å². The van der Waals surface area contributed by atoms with E-state index in [1.165, 1.54) is 6.07 Å². The van der Waals surface area contributed by atoms with Crippen molar-refractivity contribution >= 4 is 34.8 Å². The first kappa shape index (κ1) is 29.7. The number of nitrogens with one attached hydrogen (secondary N) is 2. The lowest BCUT2D eigenvalue weighted by molar-refractivity contribution is -0.152. The molecule has 2 unspecified atom stereocenters. The second-order valence-corrected chi connectivity index (χ2v) is 9.08. The third kappa shape index (κ3) is 8.32. The second kappa shape index (κ2) is 11.9. The molecule has 0 aromatic heterocycles. The molecule has 0 fully saturated rings. The molecule has 14 heteroatoms. The zero-order valence-electron chi connectivity index (χ0n) is 20.3. The van der Waals surface area contributed by atoms with Crippen molar-refractivity contribution in [1.82, 2.24) is 5.32 Å². The molecular formula is C25H25F7N4O3. The summed E-state index contributed by atoms with van der Waals surface area (Å²) in [5, 5.41) is 4.74. The molecule has 0 aliphatic carbocycles. The molecule has 1 aliphatic heterocycles. The highest BCUT2D eigenvalue weighted by molar-refractivity contribution is 6.02. The fraction of sp³-hybridized carbons (Fsp3) is 0.400. The van der Waals surface area contributed by atoms with Gasteiger partial charge in [-0.15, -0.1) is 0 Å². The number of fused-ring (bicyclic) bond motifs is 1. The number of hydrogen-bond acceptors (Lipinski definition) is 4. The Labute approximate surface area is 218 Å². The van der Waals surface area contributed by atoms with E-state index in [9.17, 15) is 45.1 Å². The van der Waals surface area contributed by atoms with E-state index in [2.05, 4.69) is 10.6 Å². The van der Waals surface area contributed by atoms with Crippen molar-refractivity contribution in [3.05, 3.63) is 54.3 Å². The molecule has 0 saturated carbocycles. The fourth-order valence-electron chi connectivity index (χ4n) is 4.36. The lowest BCUT2D eigenvalue weighted by Crippen LogP contribution is -2.52. The van der Waals surface area contributed by atoms with Gasteiger partial charge in [0.15, 0.2) is 0 Å². The van der Waals surface area contributed by atoms with E-state index in [0.29, 0.717) is 11.4 Å². The molecule has 1 heterocycles. The summed E-state index contributed by atoms with van der Waals surface area (Å²) >= 11 is 0. The van der Waals surface area contributed by atoms with E-state index in [0.717, 1.165) is 12.1 Å². The Morgan fingerprint density at radius 3 is 2.13 bits per heavy atom. The first-order chi connectivity index (χ1) is 18.1. The fourth-order valence-corrected chi connectivity index (χ4v) is 4.36. The molecule has 4 N–H and O–H groups in total. The summed E-state index contributed by atoms with van der Waals surface area (Å²) in [4.78, 5) is 39.7. The van der Waals surface area contributed by atoms with Crippen LogP contribution in [0.1, 0.15) is 25.7 Å². The first-order valence-corrected chi connectivity index (χ1v) is 11.8. The van der Waals surface area contributed by atoms with E-state index in [1.54, 1.807) is 35.2 Å². The first-order valence-electron chi connectivity index (χ1n) is 11.8. The quantitative estimate of drug-likeness (QED) is 0.382. The lowest BCUT2D eigenvalue weighted by atomic mass is 9.83. The predicted molar refractivity (Wildman–Crippen MR) is 127 cm³/mol. The summed E-state index contributed by atoms with van der Waals surface area (Å²) in [7, 11) is 0. The van der Waals surface area contributed by atoms with Crippen LogP contribution >= 0.6 is 0 Å². The van der Waals surface area contributed by atoms with Crippen LogP contribution in [0.15, 0.2) is 48.5 Å². The number of amides is 3. The van der Waals surface area contributed by atoms with Gasteiger partial charge in [0.1, 0.15) is 11.9 Å². The van der Waals surface area contributed by atoms with Crippen LogP contribution in [0.4, 0.5) is 47.8 Å². The van der Waals surface area contributed by atoms with Gasteiger partial charge in [-0.2, -0.15) is 26.3 Å². The lowest BCUT2D eigenvalue weighted by Gasteiger charge is -2.29. The van der Waals surface area contributed by atoms with Crippen molar-refractivity contribution in [2.24, 2.45) is 17.6 Å². The number of hydrogen-bond donors (Lipinski definition) is 3. The summed E-state index contributed by atoms with van der Waals surface area (Å²) in [5.74, 6) is -7.91. The van der Waals surface area contributed by atoms with Crippen molar-refractivity contribution in [1.29, 1.82) is 0 Å². The molecule has 0 radical (unpaired) electrons. The molecular weight excluding hydrogens is 537 g/mol. The Hall–Kier alpha value is -3.84. The number of para-hydroxylation sites is 1. The van der Waals surface area contributed by atoms with Gasteiger partial charge in [-0.05, 0) is 43.2 Å². The van der Waals surface area contributed by atoms with Gasteiger partial charge in [-0.3, -0.25) is 14.4 Å². The molecule has 0 saturated heterocycles. The SMILES string of the molecule is NC(=O)C(CCC(F)(F)F)C(CCC(F)(F)F)C(=O)N[C@H]1CN(c2ccccc2)c2ccc(F)cc2NC1=O. The average Bonchev–Trinajstić information content (AvgIpc) is 2.95. The number of alkyl halides is 6. The van der Waals surface area contributed by atoms with E-state index in [-0.39, 0.29) is 12.2 Å². The maximum atomic E-state index is 13.9. The van der Waals surface area contributed by atoms with Crippen LogP contribution in [-0.2, 0) is 14.4 Å². The Kier molecular flexibility index (Phi) is 9.07. The number of primary amides is 1. The molecule has 2 aromatic rings. The van der Waals surface area contributed by atoms with E-state index >= 15 is 0 Å². The van der Waals surface area contributed by atoms with E-state index < -0.39 is 79.5 Å². The number of carbonyl (C=O) groups is 3. The van der Waals surface area contributed by atoms with E-state index in [4.69, 9.17) is 5.73 Å². The highest BCUT2D eigenvalue weighted by Crippen LogP contribution is 2.36. The number of nitrogens with zero attached hydrogens (tertiary/aromatic N) is 1. The van der Waals surface area contributed by atoms with Gasteiger partial charge in [-0.1, -0.05) is 18.2 Å². The number of rotatable bonds is 9. The largest absolute Gasteiger partial charge is 0.389 e. The van der Waals surface area contributed by atoms with Crippen LogP contribution in [-0.4, -0.2) is 42.7 Å². The van der Waals surface area contributed by atoms with Crippen LogP contribution in [0.3, 0.4) is 0 Å². The third-order valence-corrected chi connectivity index (χ3v) is 6.24. The molecule has 0 bridgehead atoms. The van der Waals surface area contributed by atoms with Crippen LogP contribution in [0.2, 0.25) is 0 Å². The summed E-state index contributed by atoms with van der Waals surface area (Å²) < 4.78 is 91.4. The van der Waals surface area contributed by atoms with Crippen LogP contribution in [0, 0.1) is 17.7 Å². The van der Waals surface area contributed by atoms with Gasteiger partial charge in [0, 0.05) is 30.4 Å². The van der Waals surface area contributed by atoms with Crippen LogP contribution < -0.4 is 21.3 Å². The van der Waals surface area contributed by atoms with Crippen molar-refractivity contribution in [2.75, 3.05) is 16.8 Å². The Morgan fingerprint density at radius 2 is 1.56 bits per heavy atom. The molecule has 2 aromatic carbocycles. The number of halogens is 7. The zero-order chi connectivity index (χ0) is 29.0. The number of nitrogens with two attached hydrogens (primary N) is 1.